The molecule has 2 rings (SSSR count). The number of fused-ring (bicyclic) bond motifs is 1. The van der Waals surface area contributed by atoms with Crippen molar-refractivity contribution in [3.63, 3.8) is 0 Å². The SMILES string of the molecule is CC(=O)CN1C(=O)C(=O)c2c(F)cc(F)cc21. The molecule has 0 bridgehead atoms. The molecule has 1 aromatic carbocycles. The maximum atomic E-state index is 13.4. The van der Waals surface area contributed by atoms with Crippen LogP contribution < -0.4 is 4.90 Å². The van der Waals surface area contributed by atoms with E-state index in [1.807, 2.05) is 0 Å². The Morgan fingerprint density at radius 2 is 1.94 bits per heavy atom. The molecule has 1 aromatic rings. The van der Waals surface area contributed by atoms with Crippen molar-refractivity contribution in [2.24, 2.45) is 0 Å². The Morgan fingerprint density at radius 3 is 2.53 bits per heavy atom. The Labute approximate surface area is 94.8 Å². The van der Waals surface area contributed by atoms with Crippen LogP contribution >= 0.6 is 0 Å². The number of halogens is 2. The van der Waals surface area contributed by atoms with E-state index in [1.165, 1.54) is 6.92 Å². The number of ketones is 2. The zero-order chi connectivity index (χ0) is 12.7. The average molecular weight is 239 g/mol. The first-order valence-corrected chi connectivity index (χ1v) is 4.76. The Kier molecular flexibility index (Phi) is 2.49. The van der Waals surface area contributed by atoms with Crippen LogP contribution in [0.4, 0.5) is 14.5 Å². The molecule has 17 heavy (non-hydrogen) atoms. The monoisotopic (exact) mass is 239 g/mol. The average Bonchev–Trinajstić information content (AvgIpc) is 2.42. The highest BCUT2D eigenvalue weighted by atomic mass is 19.1. The van der Waals surface area contributed by atoms with Gasteiger partial charge in [-0.25, -0.2) is 8.78 Å². The Morgan fingerprint density at radius 1 is 1.29 bits per heavy atom. The molecule has 4 nitrogen and oxygen atoms in total. The third-order valence-corrected chi connectivity index (χ3v) is 2.37. The van der Waals surface area contributed by atoms with Crippen LogP contribution in [0.3, 0.4) is 0 Å². The molecule has 0 atom stereocenters. The Bertz CT molecular complexity index is 554. The predicted molar refractivity (Wildman–Crippen MR) is 53.7 cm³/mol. The van der Waals surface area contributed by atoms with Crippen LogP contribution in [-0.4, -0.2) is 24.0 Å². The van der Waals surface area contributed by atoms with Gasteiger partial charge in [0.2, 0.25) is 0 Å². The van der Waals surface area contributed by atoms with E-state index < -0.39 is 28.9 Å². The predicted octanol–water partition coefficient (Wildman–Crippen LogP) is 1.08. The molecule has 1 aliphatic rings. The van der Waals surface area contributed by atoms with Crippen molar-refractivity contribution in [3.05, 3.63) is 29.3 Å². The number of anilines is 1. The number of carbonyl (C=O) groups is 3. The number of hydrogen-bond acceptors (Lipinski definition) is 3. The largest absolute Gasteiger partial charge is 0.300 e. The van der Waals surface area contributed by atoms with Crippen LogP contribution in [0.2, 0.25) is 0 Å². The van der Waals surface area contributed by atoms with Crippen molar-refractivity contribution in [1.82, 2.24) is 0 Å². The number of hydrogen-bond donors (Lipinski definition) is 0. The van der Waals surface area contributed by atoms with E-state index in [1.54, 1.807) is 0 Å². The molecule has 0 saturated heterocycles. The minimum Gasteiger partial charge on any atom is -0.298 e. The van der Waals surface area contributed by atoms with Gasteiger partial charge in [-0.3, -0.25) is 19.3 Å². The van der Waals surface area contributed by atoms with Gasteiger partial charge in [0.05, 0.1) is 17.8 Å². The standard InChI is InChI=1S/C11H7F2NO3/c1-5(15)4-14-8-3-6(12)2-7(13)9(8)10(16)11(14)17/h2-3H,4H2,1H3. The molecule has 0 N–H and O–H groups in total. The van der Waals surface area contributed by atoms with Crippen LogP contribution in [0, 0.1) is 11.6 Å². The lowest BCUT2D eigenvalue weighted by Crippen LogP contribution is -2.33. The highest BCUT2D eigenvalue weighted by Gasteiger charge is 2.39. The van der Waals surface area contributed by atoms with Gasteiger partial charge in [-0.2, -0.15) is 0 Å². The number of amides is 1. The molecule has 6 heteroatoms. The first kappa shape index (κ1) is 11.4. The summed E-state index contributed by atoms with van der Waals surface area (Å²) in [7, 11) is 0. The maximum absolute atomic E-state index is 13.4. The molecule has 0 aliphatic carbocycles. The number of Topliss-reactive ketones (excluding diaryl/α,β-unsaturated/α-hetero) is 2. The van der Waals surface area contributed by atoms with Gasteiger partial charge in [0.25, 0.3) is 11.7 Å². The van der Waals surface area contributed by atoms with Crippen molar-refractivity contribution in [3.8, 4) is 0 Å². The molecule has 88 valence electrons. The molecule has 0 fully saturated rings. The van der Waals surface area contributed by atoms with Crippen molar-refractivity contribution >= 4 is 23.2 Å². The quantitative estimate of drug-likeness (QED) is 0.726. The fourth-order valence-corrected chi connectivity index (χ4v) is 1.72. The summed E-state index contributed by atoms with van der Waals surface area (Å²) in [5.74, 6) is -4.45. The van der Waals surface area contributed by atoms with Gasteiger partial charge in [-0.05, 0) is 13.0 Å². The molecular weight excluding hydrogens is 232 g/mol. The molecule has 0 aromatic heterocycles. The summed E-state index contributed by atoms with van der Waals surface area (Å²) >= 11 is 0. The van der Waals surface area contributed by atoms with Gasteiger partial charge in [-0.1, -0.05) is 0 Å². The number of nitrogens with zero attached hydrogens (tertiary/aromatic N) is 1. The van der Waals surface area contributed by atoms with Crippen molar-refractivity contribution in [2.75, 3.05) is 11.4 Å². The van der Waals surface area contributed by atoms with E-state index in [0.29, 0.717) is 6.07 Å². The summed E-state index contributed by atoms with van der Waals surface area (Å²) in [6.07, 6.45) is 0. The van der Waals surface area contributed by atoms with Gasteiger partial charge in [0, 0.05) is 6.07 Å². The fraction of sp³-hybridized carbons (Fsp3) is 0.182. The van der Waals surface area contributed by atoms with Gasteiger partial charge < -0.3 is 0 Å². The second-order valence-electron chi connectivity index (χ2n) is 3.70. The lowest BCUT2D eigenvalue weighted by atomic mass is 10.1. The van der Waals surface area contributed by atoms with Crippen molar-refractivity contribution in [2.45, 2.75) is 6.92 Å². The summed E-state index contributed by atoms with van der Waals surface area (Å²) in [6.45, 7) is 0.839. The summed E-state index contributed by atoms with van der Waals surface area (Å²) in [6, 6.07) is 1.39. The van der Waals surface area contributed by atoms with Crippen LogP contribution in [0.25, 0.3) is 0 Å². The molecule has 0 spiro atoms. The fourth-order valence-electron chi connectivity index (χ4n) is 1.72. The first-order valence-electron chi connectivity index (χ1n) is 4.76. The second kappa shape index (κ2) is 3.73. The highest BCUT2D eigenvalue weighted by Crippen LogP contribution is 2.31. The number of carbonyl (C=O) groups excluding carboxylic acids is 3. The van der Waals surface area contributed by atoms with E-state index >= 15 is 0 Å². The summed E-state index contributed by atoms with van der Waals surface area (Å²) in [4.78, 5) is 34.7. The van der Waals surface area contributed by atoms with E-state index in [9.17, 15) is 23.2 Å². The second-order valence-corrected chi connectivity index (χ2v) is 3.70. The van der Waals surface area contributed by atoms with Gasteiger partial charge in [0.15, 0.2) is 0 Å². The third kappa shape index (κ3) is 1.71. The lowest BCUT2D eigenvalue weighted by Gasteiger charge is -2.14. The topological polar surface area (TPSA) is 54.5 Å². The zero-order valence-electron chi connectivity index (χ0n) is 8.79. The first-order chi connectivity index (χ1) is 7.91. The summed E-state index contributed by atoms with van der Waals surface area (Å²) < 4.78 is 26.4. The molecular formula is C11H7F2NO3. The third-order valence-electron chi connectivity index (χ3n) is 2.37. The van der Waals surface area contributed by atoms with Gasteiger partial charge in [0.1, 0.15) is 17.4 Å². The van der Waals surface area contributed by atoms with Gasteiger partial charge >= 0.3 is 0 Å². The molecule has 1 heterocycles. The van der Waals surface area contributed by atoms with Crippen LogP contribution in [0.15, 0.2) is 12.1 Å². The zero-order valence-corrected chi connectivity index (χ0v) is 8.79. The molecule has 0 unspecified atom stereocenters. The molecule has 1 amide bonds. The van der Waals surface area contributed by atoms with E-state index in [-0.39, 0.29) is 18.0 Å². The molecule has 0 saturated carbocycles. The lowest BCUT2D eigenvalue weighted by molar-refractivity contribution is -0.119. The van der Waals surface area contributed by atoms with Crippen molar-refractivity contribution < 1.29 is 23.2 Å². The van der Waals surface area contributed by atoms with Crippen molar-refractivity contribution in [1.29, 1.82) is 0 Å². The van der Waals surface area contributed by atoms with E-state index in [0.717, 1.165) is 11.0 Å². The normalized spacial score (nSPS) is 14.2. The summed E-state index contributed by atoms with van der Waals surface area (Å²) in [5, 5.41) is 0. The number of rotatable bonds is 2. The van der Waals surface area contributed by atoms with Gasteiger partial charge in [-0.15, -0.1) is 0 Å². The van der Waals surface area contributed by atoms with Crippen LogP contribution in [0.5, 0.6) is 0 Å². The minimum absolute atomic E-state index is 0.187. The minimum atomic E-state index is -1.09. The summed E-state index contributed by atoms with van der Waals surface area (Å²) in [5.41, 5.74) is -0.662. The Balaban J connectivity index is 2.59. The Hall–Kier alpha value is -2.11. The highest BCUT2D eigenvalue weighted by molar-refractivity contribution is 6.52. The van der Waals surface area contributed by atoms with Crippen LogP contribution in [-0.2, 0) is 9.59 Å². The van der Waals surface area contributed by atoms with E-state index in [4.69, 9.17) is 0 Å². The smallest absolute Gasteiger partial charge is 0.298 e. The van der Waals surface area contributed by atoms with E-state index in [2.05, 4.69) is 0 Å². The number of benzene rings is 1. The molecule has 1 aliphatic heterocycles. The molecule has 0 radical (unpaired) electrons. The maximum Gasteiger partial charge on any atom is 0.300 e. The van der Waals surface area contributed by atoms with Crippen LogP contribution in [0.1, 0.15) is 17.3 Å².